The van der Waals surface area contributed by atoms with Gasteiger partial charge < -0.3 is 9.88 Å². The zero-order chi connectivity index (χ0) is 18.5. The molecule has 2 saturated carbocycles. The predicted molar refractivity (Wildman–Crippen MR) is 108 cm³/mol. The number of benzene rings is 1. The lowest BCUT2D eigenvalue weighted by Crippen LogP contribution is -2.31. The number of carbonyl (C=O) groups excluding carboxylic acids is 1. The van der Waals surface area contributed by atoms with E-state index >= 15 is 0 Å². The summed E-state index contributed by atoms with van der Waals surface area (Å²) < 4.78 is 2.20. The highest BCUT2D eigenvalue weighted by Crippen LogP contribution is 2.40. The monoisotopic (exact) mass is 384 g/mol. The Kier molecular flexibility index (Phi) is 6.12. The highest BCUT2D eigenvalue weighted by molar-refractivity contribution is 7.99. The topological polar surface area (TPSA) is 59.8 Å². The van der Waals surface area contributed by atoms with Crippen LogP contribution in [0.1, 0.15) is 62.3 Å². The lowest BCUT2D eigenvalue weighted by molar-refractivity contribution is -0.118. The van der Waals surface area contributed by atoms with E-state index in [1.54, 1.807) is 0 Å². The van der Waals surface area contributed by atoms with Crippen LogP contribution in [0.15, 0.2) is 35.5 Å². The van der Waals surface area contributed by atoms with Crippen molar-refractivity contribution >= 4 is 17.7 Å². The maximum atomic E-state index is 12.3. The van der Waals surface area contributed by atoms with Gasteiger partial charge in [-0.2, -0.15) is 0 Å². The summed E-state index contributed by atoms with van der Waals surface area (Å²) in [6.07, 6.45) is 8.86. The van der Waals surface area contributed by atoms with Crippen LogP contribution >= 0.6 is 11.8 Å². The Hall–Kier alpha value is -1.82. The number of thioether (sulfide) groups is 1. The highest BCUT2D eigenvalue weighted by atomic mass is 32.2. The Bertz CT molecular complexity index is 751. The third kappa shape index (κ3) is 5.12. The molecule has 27 heavy (non-hydrogen) atoms. The van der Waals surface area contributed by atoms with E-state index in [1.165, 1.54) is 62.3 Å². The predicted octanol–water partition coefficient (Wildman–Crippen LogP) is 3.99. The second-order valence-corrected chi connectivity index (χ2v) is 8.73. The van der Waals surface area contributed by atoms with Gasteiger partial charge in [-0.25, -0.2) is 0 Å². The molecule has 1 heterocycles. The van der Waals surface area contributed by atoms with Gasteiger partial charge in [0.1, 0.15) is 5.82 Å². The van der Waals surface area contributed by atoms with E-state index in [0.29, 0.717) is 17.6 Å². The zero-order valence-electron chi connectivity index (χ0n) is 15.8. The number of nitrogens with one attached hydrogen (secondary N) is 1. The molecule has 0 radical (unpaired) electrons. The number of aromatic nitrogens is 3. The smallest absolute Gasteiger partial charge is 0.230 e. The van der Waals surface area contributed by atoms with Gasteiger partial charge >= 0.3 is 0 Å². The number of hydrogen-bond acceptors (Lipinski definition) is 4. The minimum Gasteiger partial charge on any atom is -0.355 e. The quantitative estimate of drug-likeness (QED) is 0.699. The fraction of sp³-hybridized carbons (Fsp3) is 0.571. The minimum absolute atomic E-state index is 0.104. The Balaban J connectivity index is 1.34. The Morgan fingerprint density at radius 2 is 1.85 bits per heavy atom. The molecule has 2 aromatic rings. The van der Waals surface area contributed by atoms with E-state index in [-0.39, 0.29) is 5.91 Å². The van der Waals surface area contributed by atoms with Gasteiger partial charge in [0.25, 0.3) is 0 Å². The van der Waals surface area contributed by atoms with E-state index in [1.807, 2.05) is 6.07 Å². The summed E-state index contributed by atoms with van der Waals surface area (Å²) in [6.45, 7) is 1.59. The minimum atomic E-state index is 0.104. The second kappa shape index (κ2) is 8.91. The van der Waals surface area contributed by atoms with Crippen LogP contribution in [0.2, 0.25) is 0 Å². The average molecular weight is 385 g/mol. The van der Waals surface area contributed by atoms with E-state index in [2.05, 4.69) is 44.3 Å². The largest absolute Gasteiger partial charge is 0.355 e. The van der Waals surface area contributed by atoms with Gasteiger partial charge in [0, 0.05) is 12.5 Å². The molecule has 0 saturated heterocycles. The van der Waals surface area contributed by atoms with Gasteiger partial charge in [-0.05, 0) is 37.2 Å². The van der Waals surface area contributed by atoms with Crippen molar-refractivity contribution in [2.75, 3.05) is 12.3 Å². The lowest BCUT2D eigenvalue weighted by atomic mass is 9.89. The molecule has 0 bridgehead atoms. The van der Waals surface area contributed by atoms with Gasteiger partial charge in [0.15, 0.2) is 5.16 Å². The maximum Gasteiger partial charge on any atom is 0.230 e. The summed E-state index contributed by atoms with van der Waals surface area (Å²) in [5.41, 5.74) is 1.24. The van der Waals surface area contributed by atoms with Gasteiger partial charge in [0.2, 0.25) is 5.91 Å². The van der Waals surface area contributed by atoms with Crippen LogP contribution < -0.4 is 5.32 Å². The Morgan fingerprint density at radius 1 is 1.07 bits per heavy atom. The summed E-state index contributed by atoms with van der Waals surface area (Å²) in [7, 11) is 0. The van der Waals surface area contributed by atoms with Crippen molar-refractivity contribution in [3.63, 3.8) is 0 Å². The van der Waals surface area contributed by atoms with Crippen LogP contribution in [0.3, 0.4) is 0 Å². The average Bonchev–Trinajstić information content (AvgIpc) is 3.48. The van der Waals surface area contributed by atoms with E-state index < -0.39 is 0 Å². The number of nitrogens with zero attached hydrogens (tertiary/aromatic N) is 3. The van der Waals surface area contributed by atoms with Gasteiger partial charge in [0.05, 0.1) is 12.3 Å². The first-order chi connectivity index (χ1) is 13.3. The Morgan fingerprint density at radius 3 is 2.59 bits per heavy atom. The summed E-state index contributed by atoms with van der Waals surface area (Å²) in [4.78, 5) is 12.3. The number of amides is 1. The van der Waals surface area contributed by atoms with Gasteiger partial charge in [-0.1, -0.05) is 61.4 Å². The van der Waals surface area contributed by atoms with Crippen LogP contribution in [-0.4, -0.2) is 33.0 Å². The van der Waals surface area contributed by atoms with Crippen LogP contribution in [0.25, 0.3) is 0 Å². The molecule has 144 valence electrons. The maximum absolute atomic E-state index is 12.3. The summed E-state index contributed by atoms with van der Waals surface area (Å²) in [5, 5.41) is 12.8. The van der Waals surface area contributed by atoms with Crippen LogP contribution in [0, 0.1) is 5.92 Å². The highest BCUT2D eigenvalue weighted by Gasteiger charge is 2.30. The molecular weight excluding hydrogens is 356 g/mol. The molecule has 0 spiro atoms. The first-order valence-corrected chi connectivity index (χ1v) is 11.1. The molecule has 6 heteroatoms. The van der Waals surface area contributed by atoms with Gasteiger partial charge in [-0.3, -0.25) is 4.79 Å². The SMILES string of the molecule is O=C(CSc1nnc(C2CC2)n1Cc1ccccc1)NCC1CCCCC1. The van der Waals surface area contributed by atoms with Crippen molar-refractivity contribution in [1.82, 2.24) is 20.1 Å². The van der Waals surface area contributed by atoms with Crippen molar-refractivity contribution < 1.29 is 4.79 Å². The normalized spacial score (nSPS) is 17.8. The number of hydrogen-bond donors (Lipinski definition) is 1. The first kappa shape index (κ1) is 18.5. The molecule has 5 nitrogen and oxygen atoms in total. The molecule has 1 amide bonds. The van der Waals surface area contributed by atoms with Crippen LogP contribution in [-0.2, 0) is 11.3 Å². The molecule has 4 rings (SSSR count). The van der Waals surface area contributed by atoms with E-state index in [4.69, 9.17) is 0 Å². The molecule has 2 fully saturated rings. The van der Waals surface area contributed by atoms with Gasteiger partial charge in [-0.15, -0.1) is 10.2 Å². The third-order valence-electron chi connectivity index (χ3n) is 5.52. The molecule has 0 aliphatic heterocycles. The summed E-state index contributed by atoms with van der Waals surface area (Å²) >= 11 is 1.50. The summed E-state index contributed by atoms with van der Waals surface area (Å²) in [6, 6.07) is 10.4. The van der Waals surface area contributed by atoms with Crippen molar-refractivity contribution in [2.24, 2.45) is 5.92 Å². The van der Waals surface area contributed by atoms with Crippen LogP contribution in [0.4, 0.5) is 0 Å². The fourth-order valence-electron chi connectivity index (χ4n) is 3.80. The molecule has 2 aliphatic carbocycles. The number of rotatable bonds is 8. The first-order valence-electron chi connectivity index (χ1n) is 10.2. The molecule has 1 aromatic carbocycles. The van der Waals surface area contributed by atoms with Crippen molar-refractivity contribution in [2.45, 2.75) is 62.6 Å². The fourth-order valence-corrected chi connectivity index (χ4v) is 4.57. The molecular formula is C21H28N4OS. The zero-order valence-corrected chi connectivity index (χ0v) is 16.6. The van der Waals surface area contributed by atoms with E-state index in [0.717, 1.165) is 24.1 Å². The Labute approximate surface area is 165 Å². The standard InChI is InChI=1S/C21H28N4OS/c26-19(22-13-16-7-3-1-4-8-16)15-27-21-24-23-20(18-11-12-18)25(21)14-17-9-5-2-6-10-17/h2,5-6,9-10,16,18H,1,3-4,7-8,11-15H2,(H,22,26). The molecule has 1 N–H and O–H groups in total. The molecule has 0 atom stereocenters. The molecule has 1 aromatic heterocycles. The van der Waals surface area contributed by atoms with Crippen LogP contribution in [0.5, 0.6) is 0 Å². The van der Waals surface area contributed by atoms with Crippen molar-refractivity contribution in [3.05, 3.63) is 41.7 Å². The van der Waals surface area contributed by atoms with Crippen molar-refractivity contribution in [1.29, 1.82) is 0 Å². The second-order valence-electron chi connectivity index (χ2n) is 7.78. The molecule has 2 aliphatic rings. The third-order valence-corrected chi connectivity index (χ3v) is 6.48. The summed E-state index contributed by atoms with van der Waals surface area (Å²) in [5.74, 6) is 2.79. The van der Waals surface area contributed by atoms with Crippen molar-refractivity contribution in [3.8, 4) is 0 Å². The lowest BCUT2D eigenvalue weighted by Gasteiger charge is -2.21. The number of carbonyl (C=O) groups is 1. The molecule has 0 unspecified atom stereocenters. The van der Waals surface area contributed by atoms with E-state index in [9.17, 15) is 4.79 Å².